The van der Waals surface area contributed by atoms with E-state index in [-0.39, 0.29) is 24.0 Å². The van der Waals surface area contributed by atoms with Crippen LogP contribution < -0.4 is 10.0 Å². The number of hydrogen-bond donors (Lipinski definition) is 2. The van der Waals surface area contributed by atoms with E-state index in [4.69, 9.17) is 0 Å². The highest BCUT2D eigenvalue weighted by atomic mass is 32.2. The van der Waals surface area contributed by atoms with Gasteiger partial charge in [0, 0.05) is 24.0 Å². The first-order valence-corrected chi connectivity index (χ1v) is 11.7. The Morgan fingerprint density at radius 3 is 2.70 bits per heavy atom. The van der Waals surface area contributed by atoms with Gasteiger partial charge in [-0.2, -0.15) is 5.10 Å². The van der Waals surface area contributed by atoms with E-state index in [1.807, 2.05) is 49.8 Å². The van der Waals surface area contributed by atoms with Gasteiger partial charge in [-0.15, -0.1) is 0 Å². The molecule has 7 nitrogen and oxygen atoms in total. The van der Waals surface area contributed by atoms with Crippen molar-refractivity contribution in [3.05, 3.63) is 59.8 Å². The van der Waals surface area contributed by atoms with Crippen LogP contribution in [0.5, 0.6) is 0 Å². The van der Waals surface area contributed by atoms with Crippen molar-refractivity contribution in [3.63, 3.8) is 0 Å². The zero-order valence-corrected chi connectivity index (χ0v) is 18.4. The normalized spacial score (nSPS) is 11.9. The van der Waals surface area contributed by atoms with E-state index >= 15 is 0 Å². The summed E-state index contributed by atoms with van der Waals surface area (Å²) in [6.45, 7) is 6.80. The molecule has 0 aliphatic carbocycles. The molecule has 3 aromatic rings. The van der Waals surface area contributed by atoms with Gasteiger partial charge in [-0.3, -0.25) is 9.48 Å². The summed E-state index contributed by atoms with van der Waals surface area (Å²) in [4.78, 5) is 12.4. The number of nitrogens with one attached hydrogen (secondary N) is 2. The van der Waals surface area contributed by atoms with E-state index in [2.05, 4.69) is 15.1 Å². The molecule has 2 aromatic carbocycles. The lowest BCUT2D eigenvalue weighted by atomic mass is 10.1. The number of nitrogens with zero attached hydrogens (tertiary/aromatic N) is 2. The molecule has 2 N–H and O–H groups in total. The largest absolute Gasteiger partial charge is 0.326 e. The maximum atomic E-state index is 12.4. The number of aryl methyl sites for hydroxylation is 2. The fourth-order valence-corrected chi connectivity index (χ4v) is 4.47. The maximum absolute atomic E-state index is 12.4. The molecular formula is C22H28N4O3S. The number of hydrogen-bond acceptors (Lipinski definition) is 4. The van der Waals surface area contributed by atoms with Gasteiger partial charge in [0.15, 0.2) is 0 Å². The van der Waals surface area contributed by atoms with Gasteiger partial charge in [0.25, 0.3) is 0 Å². The number of benzene rings is 2. The van der Waals surface area contributed by atoms with Crippen LogP contribution in [0, 0.1) is 12.8 Å². The van der Waals surface area contributed by atoms with Crippen LogP contribution in [0.4, 0.5) is 5.69 Å². The molecular weight excluding hydrogens is 400 g/mol. The van der Waals surface area contributed by atoms with Gasteiger partial charge in [0.05, 0.1) is 24.0 Å². The van der Waals surface area contributed by atoms with Gasteiger partial charge in [0.2, 0.25) is 15.9 Å². The summed E-state index contributed by atoms with van der Waals surface area (Å²) in [7, 11) is -3.41. The number of amides is 1. The summed E-state index contributed by atoms with van der Waals surface area (Å²) in [6, 6.07) is 12.9. The molecule has 0 aliphatic rings. The lowest BCUT2D eigenvalue weighted by molar-refractivity contribution is -0.116. The molecule has 160 valence electrons. The third-order valence-corrected chi connectivity index (χ3v) is 6.05. The highest BCUT2D eigenvalue weighted by molar-refractivity contribution is 7.88. The van der Waals surface area contributed by atoms with Gasteiger partial charge in [-0.1, -0.05) is 38.1 Å². The zero-order chi connectivity index (χ0) is 21.7. The van der Waals surface area contributed by atoms with Crippen molar-refractivity contribution in [1.82, 2.24) is 14.5 Å². The number of rotatable bonds is 9. The average molecular weight is 429 g/mol. The van der Waals surface area contributed by atoms with Crippen molar-refractivity contribution < 1.29 is 13.2 Å². The quantitative estimate of drug-likeness (QED) is 0.546. The first-order chi connectivity index (χ1) is 14.2. The van der Waals surface area contributed by atoms with Crippen LogP contribution in [0.25, 0.3) is 10.9 Å². The molecule has 30 heavy (non-hydrogen) atoms. The summed E-state index contributed by atoms with van der Waals surface area (Å²) < 4.78 is 28.8. The minimum atomic E-state index is -3.41. The summed E-state index contributed by atoms with van der Waals surface area (Å²) in [5.41, 5.74) is 3.36. The number of sulfonamides is 1. The summed E-state index contributed by atoms with van der Waals surface area (Å²) >= 11 is 0. The fraction of sp³-hybridized carbons (Fsp3) is 0.364. The van der Waals surface area contributed by atoms with Gasteiger partial charge in [-0.05, 0) is 42.2 Å². The van der Waals surface area contributed by atoms with Crippen molar-refractivity contribution >= 4 is 32.5 Å². The molecule has 0 spiro atoms. The SMILES string of the molecule is Cc1cccc2c1cnn2CCC(=O)Nc1cccc(CS(=O)(=O)NCC(C)C)c1. The molecule has 3 rings (SSSR count). The van der Waals surface area contributed by atoms with Gasteiger partial charge >= 0.3 is 0 Å². The third kappa shape index (κ3) is 5.90. The van der Waals surface area contributed by atoms with E-state index in [1.165, 1.54) is 0 Å². The molecule has 0 radical (unpaired) electrons. The Morgan fingerprint density at radius 1 is 1.17 bits per heavy atom. The smallest absolute Gasteiger partial charge is 0.226 e. The summed E-state index contributed by atoms with van der Waals surface area (Å²) in [5.74, 6) is -0.0346. The highest BCUT2D eigenvalue weighted by Crippen LogP contribution is 2.18. The van der Waals surface area contributed by atoms with Crippen LogP contribution in [0.3, 0.4) is 0 Å². The number of anilines is 1. The Hall–Kier alpha value is -2.71. The van der Waals surface area contributed by atoms with Crippen molar-refractivity contribution in [2.24, 2.45) is 5.92 Å². The zero-order valence-electron chi connectivity index (χ0n) is 17.6. The average Bonchev–Trinajstić information content (AvgIpc) is 3.09. The van der Waals surface area contributed by atoms with Crippen molar-refractivity contribution in [2.75, 3.05) is 11.9 Å². The van der Waals surface area contributed by atoms with Crippen LogP contribution in [0.15, 0.2) is 48.7 Å². The second-order valence-electron chi connectivity index (χ2n) is 7.88. The lowest BCUT2D eigenvalue weighted by Crippen LogP contribution is -2.28. The molecule has 0 atom stereocenters. The van der Waals surface area contributed by atoms with E-state index in [1.54, 1.807) is 24.3 Å². The maximum Gasteiger partial charge on any atom is 0.226 e. The molecule has 0 bridgehead atoms. The first kappa shape index (κ1) is 22.0. The minimum absolute atomic E-state index is 0.123. The van der Waals surface area contributed by atoms with Gasteiger partial charge in [-0.25, -0.2) is 13.1 Å². The third-order valence-electron chi connectivity index (χ3n) is 4.73. The van der Waals surface area contributed by atoms with E-state index in [9.17, 15) is 13.2 Å². The molecule has 0 saturated carbocycles. The van der Waals surface area contributed by atoms with Crippen LogP contribution in [0.2, 0.25) is 0 Å². The molecule has 8 heteroatoms. The standard InChI is InChI=1S/C22H28N4O3S/c1-16(2)13-24-30(28,29)15-18-7-5-8-19(12-18)25-22(27)10-11-26-21-9-4-6-17(3)20(21)14-23-26/h4-9,12,14,16,24H,10-11,13,15H2,1-3H3,(H,25,27). The number of fused-ring (bicyclic) bond motifs is 1. The topological polar surface area (TPSA) is 93.1 Å². The number of aromatic nitrogens is 2. The number of carbonyl (C=O) groups is 1. The van der Waals surface area contributed by atoms with Crippen molar-refractivity contribution in [3.8, 4) is 0 Å². The molecule has 0 fully saturated rings. The first-order valence-electron chi connectivity index (χ1n) is 10.0. The monoisotopic (exact) mass is 428 g/mol. The van der Waals surface area contributed by atoms with Crippen molar-refractivity contribution in [1.29, 1.82) is 0 Å². The van der Waals surface area contributed by atoms with Gasteiger partial charge < -0.3 is 5.32 Å². The van der Waals surface area contributed by atoms with Crippen LogP contribution in [-0.4, -0.2) is 30.7 Å². The Balaban J connectivity index is 1.59. The molecule has 0 aliphatic heterocycles. The Labute approximate surface area is 177 Å². The van der Waals surface area contributed by atoms with Crippen molar-refractivity contribution in [2.45, 2.75) is 39.5 Å². The van der Waals surface area contributed by atoms with E-state index < -0.39 is 10.0 Å². The molecule has 1 heterocycles. The fourth-order valence-electron chi connectivity index (χ4n) is 3.16. The lowest BCUT2D eigenvalue weighted by Gasteiger charge is -2.10. The Bertz CT molecular complexity index is 1140. The van der Waals surface area contributed by atoms with Crippen LogP contribution in [0.1, 0.15) is 31.4 Å². The highest BCUT2D eigenvalue weighted by Gasteiger charge is 2.13. The predicted octanol–water partition coefficient (Wildman–Crippen LogP) is 3.45. The summed E-state index contributed by atoms with van der Waals surface area (Å²) in [6.07, 6.45) is 2.09. The van der Waals surface area contributed by atoms with Gasteiger partial charge in [0.1, 0.15) is 0 Å². The number of carbonyl (C=O) groups excluding carboxylic acids is 1. The molecule has 0 saturated heterocycles. The molecule has 1 amide bonds. The molecule has 0 unspecified atom stereocenters. The second-order valence-corrected chi connectivity index (χ2v) is 9.68. The molecule has 1 aromatic heterocycles. The van der Waals surface area contributed by atoms with E-state index in [0.29, 0.717) is 24.3 Å². The second kappa shape index (κ2) is 9.40. The van der Waals surface area contributed by atoms with E-state index in [0.717, 1.165) is 16.5 Å². The van der Waals surface area contributed by atoms with Crippen LogP contribution >= 0.6 is 0 Å². The predicted molar refractivity (Wildman–Crippen MR) is 120 cm³/mol. The van der Waals surface area contributed by atoms with Crippen LogP contribution in [-0.2, 0) is 27.1 Å². The minimum Gasteiger partial charge on any atom is -0.326 e. The Morgan fingerprint density at radius 2 is 1.93 bits per heavy atom. The summed E-state index contributed by atoms with van der Waals surface area (Å²) in [5, 5.41) is 8.31. The Kier molecular flexibility index (Phi) is 6.89.